The van der Waals surface area contributed by atoms with Gasteiger partial charge in [0.15, 0.2) is 0 Å². The van der Waals surface area contributed by atoms with Gasteiger partial charge in [-0.1, -0.05) is 0 Å². The van der Waals surface area contributed by atoms with Crippen molar-refractivity contribution in [1.29, 1.82) is 0 Å². The first kappa shape index (κ1) is 11.5. The molecule has 2 aliphatic heterocycles. The Labute approximate surface area is 111 Å². The molecule has 1 N–H and O–H groups in total. The van der Waals surface area contributed by atoms with Gasteiger partial charge in [-0.15, -0.1) is 0 Å². The highest BCUT2D eigenvalue weighted by atomic mass is 79.9. The van der Waals surface area contributed by atoms with Crippen LogP contribution in [0.5, 0.6) is 0 Å². The predicted molar refractivity (Wildman–Crippen MR) is 73.3 cm³/mol. The van der Waals surface area contributed by atoms with Gasteiger partial charge in [-0.3, -0.25) is 4.90 Å². The smallest absolute Gasteiger partial charge is 0.140 e. The fraction of sp³-hybridized carbons (Fsp3) is 0.615. The van der Waals surface area contributed by atoms with Gasteiger partial charge >= 0.3 is 0 Å². The van der Waals surface area contributed by atoms with Gasteiger partial charge in [-0.25, -0.2) is 4.98 Å². The minimum absolute atomic E-state index is 0.572. The van der Waals surface area contributed by atoms with Crippen molar-refractivity contribution < 1.29 is 0 Å². The van der Waals surface area contributed by atoms with Gasteiger partial charge in [-0.2, -0.15) is 0 Å². The van der Waals surface area contributed by atoms with Crippen LogP contribution < -0.4 is 5.32 Å². The average molecular weight is 296 g/mol. The largest absolute Gasteiger partial charge is 0.365 e. The van der Waals surface area contributed by atoms with Crippen molar-refractivity contribution in [3.05, 3.63) is 22.3 Å². The van der Waals surface area contributed by atoms with Crippen LogP contribution in [0.1, 0.15) is 24.8 Å². The van der Waals surface area contributed by atoms with Gasteiger partial charge in [0.05, 0.1) is 4.47 Å². The van der Waals surface area contributed by atoms with E-state index in [-0.39, 0.29) is 0 Å². The first-order valence-corrected chi connectivity index (χ1v) is 7.16. The standard InChI is InChI=1S/C13H18BrN3/c1-9-4-6-15-13(12(9)14)16-10-5-8-17-7-2-3-11(10)17/h4,6,10-11H,2-3,5,7-8H2,1H3,(H,15,16). The second kappa shape index (κ2) is 4.58. The van der Waals surface area contributed by atoms with Crippen molar-refractivity contribution in [3.8, 4) is 0 Å². The summed E-state index contributed by atoms with van der Waals surface area (Å²) in [4.78, 5) is 7.05. The summed E-state index contributed by atoms with van der Waals surface area (Å²) in [7, 11) is 0. The number of nitrogens with one attached hydrogen (secondary N) is 1. The summed E-state index contributed by atoms with van der Waals surface area (Å²) in [6, 6.07) is 3.33. The number of hydrogen-bond acceptors (Lipinski definition) is 3. The molecule has 2 atom stereocenters. The minimum Gasteiger partial charge on any atom is -0.365 e. The summed E-state index contributed by atoms with van der Waals surface area (Å²) in [6.07, 6.45) is 5.81. The van der Waals surface area contributed by atoms with Gasteiger partial charge in [-0.05, 0) is 60.3 Å². The molecule has 17 heavy (non-hydrogen) atoms. The van der Waals surface area contributed by atoms with Crippen LogP contribution in [-0.4, -0.2) is 35.1 Å². The summed E-state index contributed by atoms with van der Waals surface area (Å²) in [5.74, 6) is 1.00. The molecule has 1 aromatic rings. The maximum Gasteiger partial charge on any atom is 0.140 e. The molecule has 0 spiro atoms. The average Bonchev–Trinajstić information content (AvgIpc) is 2.89. The maximum atomic E-state index is 4.44. The quantitative estimate of drug-likeness (QED) is 0.909. The van der Waals surface area contributed by atoms with Crippen molar-refractivity contribution in [1.82, 2.24) is 9.88 Å². The molecule has 3 nitrogen and oxygen atoms in total. The minimum atomic E-state index is 0.572. The number of rotatable bonds is 2. The van der Waals surface area contributed by atoms with Crippen molar-refractivity contribution in [2.45, 2.75) is 38.3 Å². The monoisotopic (exact) mass is 295 g/mol. The SMILES string of the molecule is Cc1ccnc(NC2CCN3CCCC23)c1Br. The van der Waals surface area contributed by atoms with Crippen LogP contribution in [0.2, 0.25) is 0 Å². The molecule has 92 valence electrons. The Morgan fingerprint density at radius 2 is 2.29 bits per heavy atom. The van der Waals surface area contributed by atoms with E-state index in [1.165, 1.54) is 37.9 Å². The zero-order valence-corrected chi connectivity index (χ0v) is 11.7. The summed E-state index contributed by atoms with van der Waals surface area (Å²) in [5, 5.41) is 3.62. The Bertz CT molecular complexity index is 421. The van der Waals surface area contributed by atoms with E-state index in [2.05, 4.69) is 38.1 Å². The molecular formula is C13H18BrN3. The summed E-state index contributed by atoms with van der Waals surface area (Å²) in [5.41, 5.74) is 1.24. The first-order valence-electron chi connectivity index (χ1n) is 6.37. The normalized spacial score (nSPS) is 28.4. The number of halogens is 1. The number of fused-ring (bicyclic) bond motifs is 1. The van der Waals surface area contributed by atoms with Crippen molar-refractivity contribution in [3.63, 3.8) is 0 Å². The Kier molecular flexibility index (Phi) is 3.09. The van der Waals surface area contributed by atoms with E-state index in [4.69, 9.17) is 0 Å². The molecule has 0 saturated carbocycles. The Morgan fingerprint density at radius 1 is 1.41 bits per heavy atom. The maximum absolute atomic E-state index is 4.44. The summed E-state index contributed by atoms with van der Waals surface area (Å²) in [6.45, 7) is 4.63. The number of anilines is 1. The van der Waals surface area contributed by atoms with Gasteiger partial charge < -0.3 is 5.32 Å². The number of aromatic nitrogens is 1. The van der Waals surface area contributed by atoms with E-state index in [0.29, 0.717) is 6.04 Å². The topological polar surface area (TPSA) is 28.2 Å². The van der Waals surface area contributed by atoms with Crippen molar-refractivity contribution >= 4 is 21.7 Å². The Hall–Kier alpha value is -0.610. The van der Waals surface area contributed by atoms with E-state index in [1.54, 1.807) is 0 Å². The summed E-state index contributed by atoms with van der Waals surface area (Å²) < 4.78 is 1.11. The van der Waals surface area contributed by atoms with E-state index in [9.17, 15) is 0 Å². The number of aryl methyl sites for hydroxylation is 1. The molecule has 3 rings (SSSR count). The number of hydrogen-bond donors (Lipinski definition) is 1. The molecule has 2 fully saturated rings. The molecule has 3 heterocycles. The highest BCUT2D eigenvalue weighted by Crippen LogP contribution is 2.32. The third kappa shape index (κ3) is 2.08. The van der Waals surface area contributed by atoms with Gasteiger partial charge in [0.2, 0.25) is 0 Å². The fourth-order valence-corrected chi connectivity index (χ4v) is 3.42. The molecule has 4 heteroatoms. The predicted octanol–water partition coefficient (Wildman–Crippen LogP) is 2.80. The lowest BCUT2D eigenvalue weighted by molar-refractivity contribution is 0.318. The third-order valence-corrected chi connectivity index (χ3v) is 5.01. The van der Waals surface area contributed by atoms with Crippen LogP contribution in [0.3, 0.4) is 0 Å². The molecule has 0 amide bonds. The van der Waals surface area contributed by atoms with E-state index < -0.39 is 0 Å². The van der Waals surface area contributed by atoms with Gasteiger partial charge in [0.1, 0.15) is 5.82 Å². The first-order chi connectivity index (χ1) is 8.25. The van der Waals surface area contributed by atoms with Crippen LogP contribution >= 0.6 is 15.9 Å². The lowest BCUT2D eigenvalue weighted by Crippen LogP contribution is -2.34. The van der Waals surface area contributed by atoms with Crippen molar-refractivity contribution in [2.24, 2.45) is 0 Å². The van der Waals surface area contributed by atoms with Crippen LogP contribution in [0.25, 0.3) is 0 Å². The van der Waals surface area contributed by atoms with Crippen LogP contribution in [0.15, 0.2) is 16.7 Å². The zero-order valence-electron chi connectivity index (χ0n) is 10.1. The summed E-state index contributed by atoms with van der Waals surface area (Å²) >= 11 is 3.62. The number of pyridine rings is 1. The Balaban J connectivity index is 1.76. The molecule has 0 aromatic carbocycles. The molecule has 2 saturated heterocycles. The molecule has 0 bridgehead atoms. The van der Waals surface area contributed by atoms with Gasteiger partial charge in [0, 0.05) is 24.8 Å². The van der Waals surface area contributed by atoms with Crippen LogP contribution in [0.4, 0.5) is 5.82 Å². The Morgan fingerprint density at radius 3 is 3.18 bits per heavy atom. The molecular weight excluding hydrogens is 278 g/mol. The van der Waals surface area contributed by atoms with Gasteiger partial charge in [0.25, 0.3) is 0 Å². The third-order valence-electron chi connectivity index (χ3n) is 4.01. The molecule has 0 radical (unpaired) electrons. The lowest BCUT2D eigenvalue weighted by atomic mass is 10.1. The second-order valence-electron chi connectivity index (χ2n) is 5.08. The molecule has 2 aliphatic rings. The lowest BCUT2D eigenvalue weighted by Gasteiger charge is -2.22. The van der Waals surface area contributed by atoms with E-state index in [0.717, 1.165) is 16.3 Å². The van der Waals surface area contributed by atoms with E-state index >= 15 is 0 Å². The highest BCUT2D eigenvalue weighted by molar-refractivity contribution is 9.10. The van der Waals surface area contributed by atoms with E-state index in [1.807, 2.05) is 12.3 Å². The second-order valence-corrected chi connectivity index (χ2v) is 5.87. The fourth-order valence-electron chi connectivity index (χ4n) is 3.07. The van der Waals surface area contributed by atoms with Crippen LogP contribution in [0, 0.1) is 6.92 Å². The zero-order chi connectivity index (χ0) is 11.8. The number of nitrogens with zero attached hydrogens (tertiary/aromatic N) is 2. The molecule has 0 aliphatic carbocycles. The molecule has 2 unspecified atom stereocenters. The highest BCUT2D eigenvalue weighted by Gasteiger charge is 2.37. The molecule has 1 aromatic heterocycles. The van der Waals surface area contributed by atoms with Crippen molar-refractivity contribution in [2.75, 3.05) is 18.4 Å². The van der Waals surface area contributed by atoms with Crippen LogP contribution in [-0.2, 0) is 0 Å².